The molecule has 0 aromatic carbocycles. The van der Waals surface area contributed by atoms with Crippen LogP contribution in [0.15, 0.2) is 0 Å². The summed E-state index contributed by atoms with van der Waals surface area (Å²) >= 11 is 0. The number of hydrogen-bond acceptors (Lipinski definition) is 4. The van der Waals surface area contributed by atoms with Gasteiger partial charge in [0.15, 0.2) is 0 Å². The Morgan fingerprint density at radius 2 is 0.647 bits per heavy atom. The molecular formula is C30H58O4. The minimum absolute atomic E-state index is 0.0930. The van der Waals surface area contributed by atoms with Crippen molar-refractivity contribution in [2.75, 3.05) is 13.2 Å². The van der Waals surface area contributed by atoms with Crippen LogP contribution in [-0.4, -0.2) is 25.2 Å². The van der Waals surface area contributed by atoms with E-state index in [9.17, 15) is 9.59 Å². The van der Waals surface area contributed by atoms with Gasteiger partial charge in [-0.2, -0.15) is 0 Å². The molecule has 0 amide bonds. The summed E-state index contributed by atoms with van der Waals surface area (Å²) in [4.78, 5) is 23.5. The molecule has 0 unspecified atom stereocenters. The van der Waals surface area contributed by atoms with Gasteiger partial charge < -0.3 is 9.47 Å². The molecule has 0 atom stereocenters. The topological polar surface area (TPSA) is 52.6 Å². The van der Waals surface area contributed by atoms with E-state index in [1.807, 2.05) is 0 Å². The van der Waals surface area contributed by atoms with Crippen LogP contribution < -0.4 is 0 Å². The molecule has 4 nitrogen and oxygen atoms in total. The van der Waals surface area contributed by atoms with Gasteiger partial charge in [-0.05, 0) is 25.7 Å². The number of carbonyl (C=O) groups is 2. The molecule has 4 heteroatoms. The molecule has 0 heterocycles. The molecule has 0 fully saturated rings. The molecule has 0 spiro atoms. The first-order valence-electron chi connectivity index (χ1n) is 15.0. The third-order valence-electron chi connectivity index (χ3n) is 6.53. The van der Waals surface area contributed by atoms with Crippen LogP contribution in [0.4, 0.5) is 0 Å². The maximum Gasteiger partial charge on any atom is 0.305 e. The van der Waals surface area contributed by atoms with Crippen LogP contribution in [-0.2, 0) is 19.1 Å². The Morgan fingerprint density at radius 3 is 0.971 bits per heavy atom. The molecule has 34 heavy (non-hydrogen) atoms. The summed E-state index contributed by atoms with van der Waals surface area (Å²) in [5.74, 6) is -0.192. The summed E-state index contributed by atoms with van der Waals surface area (Å²) in [5, 5.41) is 0. The van der Waals surface area contributed by atoms with Gasteiger partial charge in [0, 0.05) is 12.8 Å². The molecule has 0 aromatic heterocycles. The van der Waals surface area contributed by atoms with Gasteiger partial charge in [0.25, 0.3) is 0 Å². The van der Waals surface area contributed by atoms with Crippen LogP contribution in [0.5, 0.6) is 0 Å². The molecule has 0 aliphatic carbocycles. The monoisotopic (exact) mass is 482 g/mol. The van der Waals surface area contributed by atoms with Gasteiger partial charge in [0.1, 0.15) is 0 Å². The van der Waals surface area contributed by atoms with E-state index in [1.54, 1.807) is 0 Å². The smallest absolute Gasteiger partial charge is 0.305 e. The minimum atomic E-state index is -0.0986. The van der Waals surface area contributed by atoms with Crippen molar-refractivity contribution in [3.05, 3.63) is 0 Å². The van der Waals surface area contributed by atoms with Crippen molar-refractivity contribution in [1.29, 1.82) is 0 Å². The lowest BCUT2D eigenvalue weighted by molar-refractivity contribution is -0.144. The van der Waals surface area contributed by atoms with Crippen LogP contribution in [0.3, 0.4) is 0 Å². The Balaban J connectivity index is 3.26. The Kier molecular flexibility index (Phi) is 27.3. The minimum Gasteiger partial charge on any atom is -0.466 e. The zero-order chi connectivity index (χ0) is 25.0. The molecule has 0 rings (SSSR count). The molecule has 0 saturated heterocycles. The average Bonchev–Trinajstić information content (AvgIpc) is 2.83. The fourth-order valence-corrected chi connectivity index (χ4v) is 4.23. The first-order valence-corrected chi connectivity index (χ1v) is 15.0. The lowest BCUT2D eigenvalue weighted by atomic mass is 10.0. The van der Waals surface area contributed by atoms with Gasteiger partial charge in [0.2, 0.25) is 0 Å². The first-order chi connectivity index (χ1) is 16.7. The Morgan fingerprint density at radius 1 is 0.382 bits per heavy atom. The molecule has 0 aromatic rings. The number of unbranched alkanes of at least 4 members (excludes halogenated alkanes) is 19. The first kappa shape index (κ1) is 32.9. The molecule has 0 bridgehead atoms. The van der Waals surface area contributed by atoms with Crippen LogP contribution in [0, 0.1) is 0 Å². The molecule has 0 radical (unpaired) electrons. The van der Waals surface area contributed by atoms with Crippen molar-refractivity contribution in [2.45, 2.75) is 168 Å². The standard InChI is InChI=1S/C30H58O4/c1-3-5-7-9-11-12-13-14-15-16-17-19-24-28-34-30(32)26-22-20-21-25-29(31)33-27-23-18-10-8-6-4-2/h3-28H2,1-2H3. The van der Waals surface area contributed by atoms with Crippen molar-refractivity contribution in [3.63, 3.8) is 0 Å². The van der Waals surface area contributed by atoms with Crippen LogP contribution in [0.1, 0.15) is 168 Å². The van der Waals surface area contributed by atoms with Gasteiger partial charge in [-0.1, -0.05) is 129 Å². The summed E-state index contributed by atoms with van der Waals surface area (Å²) in [6.45, 7) is 5.59. The number of carbonyl (C=O) groups excluding carboxylic acids is 2. The third-order valence-corrected chi connectivity index (χ3v) is 6.53. The molecule has 202 valence electrons. The van der Waals surface area contributed by atoms with Gasteiger partial charge >= 0.3 is 11.9 Å². The third kappa shape index (κ3) is 27.2. The van der Waals surface area contributed by atoms with Gasteiger partial charge in [-0.15, -0.1) is 0 Å². The van der Waals surface area contributed by atoms with E-state index >= 15 is 0 Å². The summed E-state index contributed by atoms with van der Waals surface area (Å²) in [6, 6.07) is 0. The van der Waals surface area contributed by atoms with E-state index < -0.39 is 0 Å². The van der Waals surface area contributed by atoms with Crippen LogP contribution >= 0.6 is 0 Å². The lowest BCUT2D eigenvalue weighted by Crippen LogP contribution is -2.07. The van der Waals surface area contributed by atoms with Crippen molar-refractivity contribution in [3.8, 4) is 0 Å². The predicted molar refractivity (Wildman–Crippen MR) is 144 cm³/mol. The summed E-state index contributed by atoms with van der Waals surface area (Å²) in [7, 11) is 0. The normalized spacial score (nSPS) is 11.0. The van der Waals surface area contributed by atoms with E-state index in [4.69, 9.17) is 9.47 Å². The zero-order valence-corrected chi connectivity index (χ0v) is 23.0. The lowest BCUT2D eigenvalue weighted by Gasteiger charge is -2.06. The van der Waals surface area contributed by atoms with Crippen molar-refractivity contribution in [2.24, 2.45) is 0 Å². The Bertz CT molecular complexity index is 436. The second-order valence-electron chi connectivity index (χ2n) is 10.0. The number of esters is 2. The largest absolute Gasteiger partial charge is 0.466 e. The fraction of sp³-hybridized carbons (Fsp3) is 0.933. The molecule has 0 aliphatic rings. The highest BCUT2D eigenvalue weighted by molar-refractivity contribution is 5.69. The SMILES string of the molecule is CCCCCCCCCCCCCCCOC(=O)CCCCCC(=O)OCCCCCCCC. The van der Waals surface area contributed by atoms with Gasteiger partial charge in [-0.3, -0.25) is 9.59 Å². The van der Waals surface area contributed by atoms with E-state index in [1.165, 1.54) is 96.3 Å². The highest BCUT2D eigenvalue weighted by Crippen LogP contribution is 2.13. The van der Waals surface area contributed by atoms with Crippen molar-refractivity contribution in [1.82, 2.24) is 0 Å². The Hall–Kier alpha value is -1.06. The summed E-state index contributed by atoms with van der Waals surface area (Å²) < 4.78 is 10.6. The van der Waals surface area contributed by atoms with E-state index in [-0.39, 0.29) is 11.9 Å². The summed E-state index contributed by atoms with van der Waals surface area (Å²) in [5.41, 5.74) is 0. The quantitative estimate of drug-likeness (QED) is 0.0864. The second kappa shape index (κ2) is 28.2. The van der Waals surface area contributed by atoms with E-state index in [0.717, 1.165) is 44.9 Å². The molecule has 0 aliphatic heterocycles. The molecule has 0 saturated carbocycles. The van der Waals surface area contributed by atoms with E-state index in [0.29, 0.717) is 26.1 Å². The number of rotatable bonds is 27. The van der Waals surface area contributed by atoms with Crippen molar-refractivity contribution < 1.29 is 19.1 Å². The maximum absolute atomic E-state index is 11.8. The van der Waals surface area contributed by atoms with Crippen LogP contribution in [0.2, 0.25) is 0 Å². The second-order valence-corrected chi connectivity index (χ2v) is 10.0. The average molecular weight is 483 g/mol. The van der Waals surface area contributed by atoms with Gasteiger partial charge in [-0.25, -0.2) is 0 Å². The number of ether oxygens (including phenoxy) is 2. The number of hydrogen-bond donors (Lipinski definition) is 0. The molecular weight excluding hydrogens is 424 g/mol. The predicted octanol–water partition coefficient (Wildman–Crippen LogP) is 9.48. The molecule has 0 N–H and O–H groups in total. The fourth-order valence-electron chi connectivity index (χ4n) is 4.23. The van der Waals surface area contributed by atoms with E-state index in [2.05, 4.69) is 13.8 Å². The zero-order valence-electron chi connectivity index (χ0n) is 23.0. The van der Waals surface area contributed by atoms with Crippen LogP contribution in [0.25, 0.3) is 0 Å². The summed E-state index contributed by atoms with van der Waals surface area (Å²) in [6.07, 6.45) is 27.8. The Labute approximate surface area is 212 Å². The van der Waals surface area contributed by atoms with Gasteiger partial charge in [0.05, 0.1) is 13.2 Å². The van der Waals surface area contributed by atoms with Crippen molar-refractivity contribution >= 4 is 11.9 Å². The highest BCUT2D eigenvalue weighted by Gasteiger charge is 2.05. The maximum atomic E-state index is 11.8. The highest BCUT2D eigenvalue weighted by atomic mass is 16.5.